The number of rotatable bonds is 7. The van der Waals surface area contributed by atoms with Gasteiger partial charge in [0.05, 0.1) is 12.2 Å². The Balaban J connectivity index is 1.81. The number of ether oxygens (including phenoxy) is 1. The number of carbonyl (C=O) groups is 1. The topological polar surface area (TPSA) is 148 Å². The van der Waals surface area contributed by atoms with E-state index >= 15 is 0 Å². The van der Waals surface area contributed by atoms with Gasteiger partial charge in [-0.1, -0.05) is 53.0 Å². The van der Waals surface area contributed by atoms with Crippen molar-refractivity contribution in [3.05, 3.63) is 11.6 Å². The Bertz CT molecular complexity index is 904. The summed E-state index contributed by atoms with van der Waals surface area (Å²) in [4.78, 5) is 12.3. The van der Waals surface area contributed by atoms with E-state index in [-0.39, 0.29) is 37.7 Å². The third-order valence-corrected chi connectivity index (χ3v) is 11.0. The molecule has 6 N–H and O–H groups in total. The molecule has 0 aliphatic heterocycles. The Hall–Kier alpha value is -1.03. The molecule has 0 aromatic rings. The molecule has 11 atom stereocenters. The highest BCUT2D eigenvalue weighted by Gasteiger charge is 2.76. The van der Waals surface area contributed by atoms with Crippen LogP contribution >= 0.6 is 0 Å². The molecular weight excluding hydrogens is 476 g/mol. The minimum absolute atomic E-state index is 0.138. The van der Waals surface area contributed by atoms with Crippen molar-refractivity contribution in [2.75, 3.05) is 6.61 Å². The van der Waals surface area contributed by atoms with Crippen molar-refractivity contribution in [1.82, 2.24) is 0 Å². The zero-order valence-corrected chi connectivity index (χ0v) is 23.1. The second kappa shape index (κ2) is 9.86. The summed E-state index contributed by atoms with van der Waals surface area (Å²) >= 11 is 0. The van der Waals surface area contributed by atoms with E-state index in [1.807, 2.05) is 0 Å². The molecule has 0 bridgehead atoms. The first kappa shape index (κ1) is 29.0. The summed E-state index contributed by atoms with van der Waals surface area (Å²) in [5.41, 5.74) is -5.49. The maximum Gasteiger partial charge on any atom is 0.303 e. The number of esters is 1. The molecule has 4 rings (SSSR count). The lowest BCUT2D eigenvalue weighted by atomic mass is 9.42. The zero-order valence-electron chi connectivity index (χ0n) is 23.1. The van der Waals surface area contributed by atoms with Crippen LogP contribution in [0.4, 0.5) is 0 Å². The molecule has 3 fully saturated rings. The standard InChI is InChI=1S/C29H48O8/c1-16(2)7-6-8-17(3)19-9-10-20-21-11-24(34)28(35)13-23(33)22(32)12-26(28,5)29(21,36)25(37-18(4)31)14-27(19,20)15-30/h11,16-17,19-20,22-25,30,32-36H,6-10,12-15H2,1-5H3. The van der Waals surface area contributed by atoms with Crippen LogP contribution in [-0.4, -0.2) is 78.8 Å². The number of carbonyl (C=O) groups excluding carboxylic acids is 1. The van der Waals surface area contributed by atoms with E-state index < -0.39 is 52.4 Å². The molecule has 11 unspecified atom stereocenters. The van der Waals surface area contributed by atoms with Crippen molar-refractivity contribution in [2.24, 2.45) is 34.5 Å². The fraction of sp³-hybridized carbons (Fsp3) is 0.897. The highest BCUT2D eigenvalue weighted by atomic mass is 16.6. The van der Waals surface area contributed by atoms with Crippen LogP contribution in [0.2, 0.25) is 0 Å². The Kier molecular flexibility index (Phi) is 7.72. The maximum atomic E-state index is 12.6. The molecule has 0 heterocycles. The minimum Gasteiger partial charge on any atom is -0.459 e. The van der Waals surface area contributed by atoms with Crippen LogP contribution in [0.3, 0.4) is 0 Å². The lowest BCUT2D eigenvalue weighted by molar-refractivity contribution is -0.299. The number of hydrogen-bond donors (Lipinski definition) is 6. The summed E-state index contributed by atoms with van der Waals surface area (Å²) in [6.07, 6.45) is 1.02. The smallest absolute Gasteiger partial charge is 0.303 e. The summed E-state index contributed by atoms with van der Waals surface area (Å²) in [6, 6.07) is 0. The summed E-state index contributed by atoms with van der Waals surface area (Å²) in [5, 5.41) is 67.7. The van der Waals surface area contributed by atoms with Crippen LogP contribution < -0.4 is 0 Å². The van der Waals surface area contributed by atoms with Crippen LogP contribution in [0.15, 0.2) is 11.6 Å². The lowest BCUT2D eigenvalue weighted by Gasteiger charge is -2.67. The molecule has 37 heavy (non-hydrogen) atoms. The average Bonchev–Trinajstić information content (AvgIpc) is 3.18. The molecule has 8 nitrogen and oxygen atoms in total. The highest BCUT2D eigenvalue weighted by Crippen LogP contribution is 2.69. The third-order valence-electron chi connectivity index (χ3n) is 11.0. The molecule has 0 saturated heterocycles. The molecule has 8 heteroatoms. The molecule has 212 valence electrons. The van der Waals surface area contributed by atoms with Crippen molar-refractivity contribution >= 4 is 5.97 Å². The summed E-state index contributed by atoms with van der Waals surface area (Å²) in [7, 11) is 0. The normalized spacial score (nSPS) is 48.1. The van der Waals surface area contributed by atoms with Gasteiger partial charge in [0, 0.05) is 30.8 Å². The Morgan fingerprint density at radius 2 is 1.70 bits per heavy atom. The Labute approximate surface area is 220 Å². The Morgan fingerprint density at radius 3 is 2.30 bits per heavy atom. The van der Waals surface area contributed by atoms with E-state index in [4.69, 9.17) is 4.74 Å². The van der Waals surface area contributed by atoms with Gasteiger partial charge in [-0.25, -0.2) is 0 Å². The van der Waals surface area contributed by atoms with Gasteiger partial charge in [-0.3, -0.25) is 4.79 Å². The maximum absolute atomic E-state index is 12.6. The molecule has 4 aliphatic carbocycles. The van der Waals surface area contributed by atoms with Gasteiger partial charge < -0.3 is 35.4 Å². The van der Waals surface area contributed by atoms with Crippen LogP contribution in [0.25, 0.3) is 0 Å². The van der Waals surface area contributed by atoms with E-state index in [0.717, 1.165) is 25.7 Å². The van der Waals surface area contributed by atoms with Gasteiger partial charge in [-0.05, 0) is 54.9 Å². The second-order valence-corrected chi connectivity index (χ2v) is 13.4. The van der Waals surface area contributed by atoms with E-state index in [1.165, 1.54) is 13.0 Å². The van der Waals surface area contributed by atoms with Gasteiger partial charge in [0.15, 0.2) is 0 Å². The van der Waals surface area contributed by atoms with Crippen LogP contribution in [0.1, 0.15) is 86.0 Å². The first-order valence-electron chi connectivity index (χ1n) is 14.2. The largest absolute Gasteiger partial charge is 0.459 e. The monoisotopic (exact) mass is 524 g/mol. The molecular formula is C29H48O8. The van der Waals surface area contributed by atoms with Gasteiger partial charge >= 0.3 is 5.97 Å². The van der Waals surface area contributed by atoms with E-state index in [0.29, 0.717) is 23.8 Å². The van der Waals surface area contributed by atoms with Gasteiger partial charge in [-0.15, -0.1) is 0 Å². The predicted molar refractivity (Wildman–Crippen MR) is 137 cm³/mol. The minimum atomic E-state index is -1.94. The summed E-state index contributed by atoms with van der Waals surface area (Å²) in [5.74, 6) is 0.215. The number of aliphatic hydroxyl groups excluding tert-OH is 4. The number of fused-ring (bicyclic) bond motifs is 5. The van der Waals surface area contributed by atoms with Crippen molar-refractivity contribution < 1.29 is 40.2 Å². The van der Waals surface area contributed by atoms with E-state index in [1.54, 1.807) is 6.92 Å². The van der Waals surface area contributed by atoms with E-state index in [9.17, 15) is 35.4 Å². The summed E-state index contributed by atoms with van der Waals surface area (Å²) in [6.45, 7) is 9.39. The van der Waals surface area contributed by atoms with Crippen LogP contribution in [0.5, 0.6) is 0 Å². The fourth-order valence-electron chi connectivity index (χ4n) is 8.97. The lowest BCUT2D eigenvalue weighted by Crippen LogP contribution is -2.78. The second-order valence-electron chi connectivity index (χ2n) is 13.4. The molecule has 0 aromatic heterocycles. The van der Waals surface area contributed by atoms with Crippen molar-refractivity contribution in [2.45, 2.75) is 122 Å². The molecule has 0 amide bonds. The Morgan fingerprint density at radius 1 is 1.05 bits per heavy atom. The van der Waals surface area contributed by atoms with Crippen molar-refractivity contribution in [3.8, 4) is 0 Å². The molecule has 0 radical (unpaired) electrons. The van der Waals surface area contributed by atoms with Gasteiger partial charge in [0.1, 0.15) is 23.4 Å². The van der Waals surface area contributed by atoms with Gasteiger partial charge in [0.25, 0.3) is 0 Å². The molecule has 0 aromatic carbocycles. The first-order valence-corrected chi connectivity index (χ1v) is 14.2. The highest BCUT2D eigenvalue weighted by molar-refractivity contribution is 5.66. The molecule has 0 spiro atoms. The summed E-state index contributed by atoms with van der Waals surface area (Å²) < 4.78 is 5.82. The first-order chi connectivity index (χ1) is 17.2. The van der Waals surface area contributed by atoms with Gasteiger partial charge in [0.2, 0.25) is 0 Å². The van der Waals surface area contributed by atoms with Crippen LogP contribution in [0, 0.1) is 34.5 Å². The average molecular weight is 525 g/mol. The van der Waals surface area contributed by atoms with E-state index in [2.05, 4.69) is 20.8 Å². The SMILES string of the molecule is CC(=O)OC1CC2(CO)C(CCC2C(C)CCCC(C)C)C2=CC(O)C3(O)CC(O)C(O)CC3(C)C21O. The zero-order chi connectivity index (χ0) is 27.6. The predicted octanol–water partition coefficient (Wildman–Crippen LogP) is 2.07. The molecule has 4 aliphatic rings. The third kappa shape index (κ3) is 4.13. The number of hydrogen-bond acceptors (Lipinski definition) is 8. The molecule has 3 saturated carbocycles. The van der Waals surface area contributed by atoms with Crippen molar-refractivity contribution in [1.29, 1.82) is 0 Å². The van der Waals surface area contributed by atoms with Crippen molar-refractivity contribution in [3.63, 3.8) is 0 Å². The quantitative estimate of drug-likeness (QED) is 0.219. The van der Waals surface area contributed by atoms with Crippen LogP contribution in [-0.2, 0) is 9.53 Å². The number of aliphatic hydroxyl groups is 6. The van der Waals surface area contributed by atoms with Gasteiger partial charge in [-0.2, -0.15) is 0 Å². The fourth-order valence-corrected chi connectivity index (χ4v) is 8.97.